The van der Waals surface area contributed by atoms with E-state index >= 15 is 0 Å². The van der Waals surface area contributed by atoms with Crippen LogP contribution in [0.25, 0.3) is 16.5 Å². The Balaban J connectivity index is 1.91. The summed E-state index contributed by atoms with van der Waals surface area (Å²) < 4.78 is 19.8. The number of ether oxygens (including phenoxy) is 1. The Kier molecular flexibility index (Phi) is 6.02. The van der Waals surface area contributed by atoms with Gasteiger partial charge in [0, 0.05) is 10.8 Å². The molecule has 1 amide bonds. The van der Waals surface area contributed by atoms with Gasteiger partial charge in [-0.25, -0.2) is 9.18 Å². The van der Waals surface area contributed by atoms with Crippen molar-refractivity contribution in [1.29, 1.82) is 0 Å². The highest BCUT2D eigenvalue weighted by atomic mass is 35.5. The number of carbonyl (C=O) groups is 2. The zero-order valence-electron chi connectivity index (χ0n) is 16.6. The topological polar surface area (TPSA) is 90.3 Å². The SMILES string of the molecule is CCOC(=O)c1nn(-c2cccc(F)c2)c(=O)c2c(NC(=O)c3ccccc3Cl)scc12. The number of fused-ring (bicyclic) bond motifs is 1. The number of hydrogen-bond acceptors (Lipinski definition) is 6. The molecular formula is C22H15ClFN3O4S. The first-order chi connectivity index (χ1) is 15.4. The van der Waals surface area contributed by atoms with Crippen molar-refractivity contribution in [3.8, 4) is 5.69 Å². The highest BCUT2D eigenvalue weighted by Crippen LogP contribution is 2.31. The molecule has 0 bridgehead atoms. The summed E-state index contributed by atoms with van der Waals surface area (Å²) in [6.45, 7) is 1.74. The number of halogens is 2. The lowest BCUT2D eigenvalue weighted by atomic mass is 10.2. The molecule has 2 aromatic carbocycles. The third kappa shape index (κ3) is 4.00. The molecular weight excluding hydrogens is 457 g/mol. The Labute approximate surface area is 190 Å². The van der Waals surface area contributed by atoms with Gasteiger partial charge in [0.1, 0.15) is 10.8 Å². The van der Waals surface area contributed by atoms with Crippen molar-refractivity contribution in [2.75, 3.05) is 11.9 Å². The van der Waals surface area contributed by atoms with Crippen molar-refractivity contribution in [2.24, 2.45) is 0 Å². The number of anilines is 1. The molecule has 0 spiro atoms. The van der Waals surface area contributed by atoms with Crippen molar-refractivity contribution in [2.45, 2.75) is 6.92 Å². The molecule has 162 valence electrons. The summed E-state index contributed by atoms with van der Waals surface area (Å²) in [5.74, 6) is -1.85. The van der Waals surface area contributed by atoms with Gasteiger partial charge >= 0.3 is 5.97 Å². The van der Waals surface area contributed by atoms with Crippen LogP contribution >= 0.6 is 22.9 Å². The highest BCUT2D eigenvalue weighted by Gasteiger charge is 2.23. The highest BCUT2D eigenvalue weighted by molar-refractivity contribution is 7.16. The van der Waals surface area contributed by atoms with Crippen LogP contribution in [-0.2, 0) is 4.74 Å². The van der Waals surface area contributed by atoms with E-state index in [1.165, 1.54) is 23.6 Å². The number of nitrogens with zero attached hydrogens (tertiary/aromatic N) is 2. The van der Waals surface area contributed by atoms with Gasteiger partial charge in [-0.15, -0.1) is 11.3 Å². The van der Waals surface area contributed by atoms with Crippen molar-refractivity contribution in [3.63, 3.8) is 0 Å². The van der Waals surface area contributed by atoms with Crippen molar-refractivity contribution >= 4 is 50.6 Å². The average Bonchev–Trinajstić information content (AvgIpc) is 3.18. The van der Waals surface area contributed by atoms with Crippen LogP contribution in [0.3, 0.4) is 0 Å². The third-order valence-corrected chi connectivity index (χ3v) is 5.74. The molecule has 2 aromatic heterocycles. The van der Waals surface area contributed by atoms with Crippen molar-refractivity contribution < 1.29 is 18.7 Å². The first-order valence-electron chi connectivity index (χ1n) is 9.44. The lowest BCUT2D eigenvalue weighted by Gasteiger charge is -2.10. The number of rotatable bonds is 5. The maximum atomic E-state index is 13.8. The number of nitrogens with one attached hydrogen (secondary N) is 1. The van der Waals surface area contributed by atoms with Crippen LogP contribution in [0.15, 0.2) is 58.7 Å². The van der Waals surface area contributed by atoms with Crippen molar-refractivity contribution in [1.82, 2.24) is 9.78 Å². The molecule has 0 saturated heterocycles. The second-order valence-electron chi connectivity index (χ2n) is 6.55. The number of amides is 1. The van der Waals surface area contributed by atoms with Gasteiger partial charge in [0.2, 0.25) is 0 Å². The molecule has 0 aliphatic rings. The summed E-state index contributed by atoms with van der Waals surface area (Å²) in [6.07, 6.45) is 0. The van der Waals surface area contributed by atoms with Gasteiger partial charge in [0.25, 0.3) is 11.5 Å². The van der Waals surface area contributed by atoms with Gasteiger partial charge in [-0.05, 0) is 37.3 Å². The van der Waals surface area contributed by atoms with Gasteiger partial charge in [0.15, 0.2) is 5.69 Å². The first-order valence-corrected chi connectivity index (χ1v) is 10.7. The van der Waals surface area contributed by atoms with Gasteiger partial charge in [0.05, 0.1) is 28.3 Å². The minimum Gasteiger partial charge on any atom is -0.461 e. The summed E-state index contributed by atoms with van der Waals surface area (Å²) in [6, 6.07) is 11.7. The predicted molar refractivity (Wildman–Crippen MR) is 121 cm³/mol. The largest absolute Gasteiger partial charge is 0.461 e. The molecule has 0 aliphatic carbocycles. The molecule has 0 fully saturated rings. The number of esters is 1. The van der Waals surface area contributed by atoms with Crippen molar-refractivity contribution in [3.05, 3.63) is 86.4 Å². The second-order valence-corrected chi connectivity index (χ2v) is 7.84. The van der Waals surface area contributed by atoms with E-state index in [1.807, 2.05) is 0 Å². The maximum Gasteiger partial charge on any atom is 0.359 e. The van der Waals surface area contributed by atoms with Gasteiger partial charge < -0.3 is 10.1 Å². The third-order valence-electron chi connectivity index (χ3n) is 4.52. The Hall–Kier alpha value is -3.56. The Morgan fingerprint density at radius 2 is 2.00 bits per heavy atom. The number of benzene rings is 2. The van der Waals surface area contributed by atoms with Crippen LogP contribution in [0.1, 0.15) is 27.8 Å². The Morgan fingerprint density at radius 1 is 1.22 bits per heavy atom. The number of carbonyl (C=O) groups excluding carboxylic acids is 2. The number of thiophene rings is 1. The Morgan fingerprint density at radius 3 is 2.72 bits per heavy atom. The average molecular weight is 472 g/mol. The van der Waals surface area contributed by atoms with Crippen LogP contribution in [-0.4, -0.2) is 28.3 Å². The maximum absolute atomic E-state index is 13.8. The zero-order chi connectivity index (χ0) is 22.8. The van der Waals surface area contributed by atoms with Crippen LogP contribution < -0.4 is 10.9 Å². The van der Waals surface area contributed by atoms with E-state index in [1.54, 1.807) is 31.2 Å². The number of aromatic nitrogens is 2. The van der Waals surface area contributed by atoms with Crippen LogP contribution in [0, 0.1) is 5.82 Å². The summed E-state index contributed by atoms with van der Waals surface area (Å²) in [7, 11) is 0. The lowest BCUT2D eigenvalue weighted by Crippen LogP contribution is -2.25. The fourth-order valence-corrected chi connectivity index (χ4v) is 4.24. The molecule has 4 aromatic rings. The normalized spacial score (nSPS) is 10.8. The first kappa shape index (κ1) is 21.7. The second kappa shape index (κ2) is 8.89. The molecule has 0 saturated carbocycles. The summed E-state index contributed by atoms with van der Waals surface area (Å²) in [5.41, 5.74) is -0.410. The molecule has 0 radical (unpaired) electrons. The lowest BCUT2D eigenvalue weighted by molar-refractivity contribution is 0.0520. The monoisotopic (exact) mass is 471 g/mol. The molecule has 1 N–H and O–H groups in total. The van der Waals surface area contributed by atoms with E-state index in [9.17, 15) is 18.8 Å². The quantitative estimate of drug-likeness (QED) is 0.427. The van der Waals surface area contributed by atoms with E-state index in [0.29, 0.717) is 0 Å². The molecule has 4 rings (SSSR count). The fourth-order valence-electron chi connectivity index (χ4n) is 3.09. The minimum atomic E-state index is -0.746. The van der Waals surface area contributed by atoms with Crippen LogP contribution in [0.4, 0.5) is 9.39 Å². The molecule has 32 heavy (non-hydrogen) atoms. The van der Waals surface area contributed by atoms with Crippen LogP contribution in [0.2, 0.25) is 5.02 Å². The minimum absolute atomic E-state index is 0.0534. The van der Waals surface area contributed by atoms with E-state index in [0.717, 1.165) is 22.1 Å². The van der Waals surface area contributed by atoms with Gasteiger partial charge in [-0.3, -0.25) is 9.59 Å². The molecule has 2 heterocycles. The summed E-state index contributed by atoms with van der Waals surface area (Å²) in [4.78, 5) is 38.6. The van der Waals surface area contributed by atoms with Crippen LogP contribution in [0.5, 0.6) is 0 Å². The van der Waals surface area contributed by atoms with E-state index < -0.39 is 23.3 Å². The van der Waals surface area contributed by atoms with E-state index in [-0.39, 0.29) is 44.3 Å². The standard InChI is InChI=1S/C22H15ClFN3O4S/c1-2-31-22(30)18-15-11-32-20(25-19(28)14-8-3-4-9-16(14)23)17(15)21(29)27(26-18)13-7-5-6-12(24)10-13/h3-11H,2H2,1H3,(H,25,28). The smallest absolute Gasteiger partial charge is 0.359 e. The molecule has 0 unspecified atom stereocenters. The molecule has 0 aliphatic heterocycles. The molecule has 0 atom stereocenters. The Bertz CT molecular complexity index is 1420. The summed E-state index contributed by atoms with van der Waals surface area (Å²) in [5, 5.41) is 9.07. The molecule has 10 heteroatoms. The fraction of sp³-hybridized carbons (Fsp3) is 0.0909. The van der Waals surface area contributed by atoms with Gasteiger partial charge in [-0.2, -0.15) is 9.78 Å². The predicted octanol–water partition coefficient (Wildman–Crippen LogP) is 4.67. The number of hydrogen-bond donors (Lipinski definition) is 1. The molecule has 7 nitrogen and oxygen atoms in total. The summed E-state index contributed by atoms with van der Waals surface area (Å²) >= 11 is 7.15. The zero-order valence-corrected chi connectivity index (χ0v) is 18.2. The van der Waals surface area contributed by atoms with E-state index in [4.69, 9.17) is 16.3 Å². The van der Waals surface area contributed by atoms with E-state index in [2.05, 4.69) is 10.4 Å². The van der Waals surface area contributed by atoms with Gasteiger partial charge in [-0.1, -0.05) is 29.8 Å².